The van der Waals surface area contributed by atoms with Gasteiger partial charge < -0.3 is 42.6 Å². The highest BCUT2D eigenvalue weighted by Crippen LogP contribution is 2.40. The van der Waals surface area contributed by atoms with Crippen molar-refractivity contribution in [1.29, 1.82) is 0 Å². The van der Waals surface area contributed by atoms with E-state index in [0.717, 1.165) is 118 Å². The lowest BCUT2D eigenvalue weighted by molar-refractivity contribution is -0.166. The van der Waals surface area contributed by atoms with E-state index >= 15 is 0 Å². The molecule has 3 fully saturated rings. The van der Waals surface area contributed by atoms with Crippen LogP contribution in [-0.2, 0) is 47.7 Å². The first-order chi connectivity index (χ1) is 53.5. The highest BCUT2D eigenvalue weighted by molar-refractivity contribution is 5.91. The molecule has 14 heteroatoms. The van der Waals surface area contributed by atoms with Gasteiger partial charge in [0.2, 0.25) is 0 Å². The zero-order valence-corrected chi connectivity index (χ0v) is 71.3. The number of benzene rings is 7. The highest BCUT2D eigenvalue weighted by Gasteiger charge is 2.38. The molecule has 7 aromatic carbocycles. The van der Waals surface area contributed by atoms with E-state index in [0.29, 0.717) is 47.0 Å². The molecule has 0 radical (unpaired) electrons. The van der Waals surface area contributed by atoms with Crippen LogP contribution >= 0.6 is 0 Å². The Morgan fingerprint density at radius 3 is 1.27 bits per heavy atom. The predicted molar refractivity (Wildman–Crippen MR) is 453 cm³/mol. The second-order valence-electron chi connectivity index (χ2n) is 32.7. The predicted octanol–water partition coefficient (Wildman–Crippen LogP) is 25.2. The van der Waals surface area contributed by atoms with Gasteiger partial charge in [-0.2, -0.15) is 0 Å². The number of hydrogen-bond acceptors (Lipinski definition) is 14. The van der Waals surface area contributed by atoms with Gasteiger partial charge in [0.25, 0.3) is 0 Å². The summed E-state index contributed by atoms with van der Waals surface area (Å²) < 4.78 is 50.6. The van der Waals surface area contributed by atoms with Crippen LogP contribution in [0.4, 0.5) is 0 Å². The van der Waals surface area contributed by atoms with Crippen molar-refractivity contribution in [1.82, 2.24) is 0 Å². The smallest absolute Gasteiger partial charge is 0.344 e. The largest absolute Gasteiger partial charge is 0.482 e. The third-order valence-electron chi connectivity index (χ3n) is 23.4. The maximum Gasteiger partial charge on any atom is 0.344 e. The number of fused-ring (bicyclic) bond motifs is 1. The topological polar surface area (TPSA) is 168 Å². The zero-order valence-electron chi connectivity index (χ0n) is 71.3. The second-order valence-corrected chi connectivity index (χ2v) is 32.7. The van der Waals surface area contributed by atoms with Crippen molar-refractivity contribution in [3.05, 3.63) is 203 Å². The lowest BCUT2D eigenvalue weighted by Gasteiger charge is -2.36. The van der Waals surface area contributed by atoms with Gasteiger partial charge in [0.1, 0.15) is 52.0 Å². The van der Waals surface area contributed by atoms with E-state index in [9.17, 15) is 24.0 Å². The number of ether oxygens (including phenoxy) is 9. The van der Waals surface area contributed by atoms with Crippen molar-refractivity contribution in [2.75, 3.05) is 26.4 Å². The van der Waals surface area contributed by atoms with Crippen LogP contribution in [0.3, 0.4) is 0 Å². The Bertz CT molecular complexity index is 3900. The molecule has 3 saturated carbocycles. The van der Waals surface area contributed by atoms with Crippen LogP contribution in [0, 0.1) is 17.3 Å². The summed E-state index contributed by atoms with van der Waals surface area (Å²) in [7, 11) is 0. The molecule has 3 aliphatic carbocycles. The molecule has 6 unspecified atom stereocenters. The summed E-state index contributed by atoms with van der Waals surface area (Å²) in [5, 5.41) is 2.26. The zero-order chi connectivity index (χ0) is 81.9. The number of carbonyl (C=O) groups is 5. The number of rotatable bonds is 32. The van der Waals surface area contributed by atoms with Crippen LogP contribution in [0.1, 0.15) is 316 Å². The molecule has 10 rings (SSSR count). The summed E-state index contributed by atoms with van der Waals surface area (Å²) in [6, 6.07) is 55.7. The number of esters is 5. The molecule has 3 aliphatic rings. The standard InChI is InChI=1S/C23H30O3.C21H32O3.C20H30O3.C20H24O3.C14H20O2/c1-4-17(3)18-10-8-12-20-19(18)11-9-13-21(20)25-16-22(24)26-23(5-2)14-6-7-15-23;1-5-16(2)17-10-9-13-19(14-17)23-15-20(22)24-21(3,4)18-11-7-6-8-12-18;1-5-15(2)16-10-12-18(13-11-16)22-14-19(21)23-20(3,4)17-8-6-7-9-17;1-4-15(2)17-10-12-19(13-11-17)22-14-20(21)23-16(3)18-8-6-5-7-9-18;1-5-14(3,4)13(15)16-11(2)12-9-7-6-8-10-12/h8-13,17H,4-7,14-16H2,1-3H3;9-10,13-14,16,18H,5-8,11-12,15H2,1-4H3;10-13,15,17H,5-9,14H2,1-4H3;5-13,15-16H,4,14H2,1-3H3;6-11H,5H2,1-4H3. The summed E-state index contributed by atoms with van der Waals surface area (Å²) in [6.45, 7) is 37.1. The van der Waals surface area contributed by atoms with E-state index in [4.69, 9.17) is 42.6 Å². The molecule has 0 bridgehead atoms. The van der Waals surface area contributed by atoms with Crippen molar-refractivity contribution in [3.8, 4) is 23.0 Å². The van der Waals surface area contributed by atoms with Crippen molar-refractivity contribution >= 4 is 40.6 Å². The quantitative estimate of drug-likeness (QED) is 0.0288. The minimum absolute atomic E-state index is 0.0277. The lowest BCUT2D eigenvalue weighted by Crippen LogP contribution is -2.39. The SMILES string of the molecule is CCC(C)(C)C(=O)OC(C)c1ccccc1.CCC(C)c1ccc(OCC(=O)OC(C)(C)C2CCCC2)cc1.CCC(C)c1ccc(OCC(=O)OC(C)c2ccccc2)cc1.CCC(C)c1cccc(OCC(=O)OC(C)(C)C2CCCCC2)c1.CCC(C)c1cccc2c(OCC(=O)OC3(CC)CCCC3)cccc12. The van der Waals surface area contributed by atoms with E-state index < -0.39 is 16.6 Å². The van der Waals surface area contributed by atoms with Gasteiger partial charge in [0, 0.05) is 5.39 Å². The van der Waals surface area contributed by atoms with Gasteiger partial charge in [-0.1, -0.05) is 229 Å². The minimum Gasteiger partial charge on any atom is -0.482 e. The van der Waals surface area contributed by atoms with Gasteiger partial charge in [0.05, 0.1) is 5.41 Å². The van der Waals surface area contributed by atoms with Crippen LogP contribution in [0.25, 0.3) is 10.8 Å². The Hall–Kier alpha value is -8.65. The average Bonchev–Trinajstić information content (AvgIpc) is 1.01. The Morgan fingerprint density at radius 1 is 0.384 bits per heavy atom. The van der Waals surface area contributed by atoms with Crippen LogP contribution in [0.5, 0.6) is 23.0 Å². The Balaban J connectivity index is 0.000000220. The average molecular weight is 1540 g/mol. The summed E-state index contributed by atoms with van der Waals surface area (Å²) >= 11 is 0. The summed E-state index contributed by atoms with van der Waals surface area (Å²) in [6.07, 6.45) is 20.7. The molecule has 612 valence electrons. The fraction of sp³-hybridized carbons (Fsp3) is 0.541. The first kappa shape index (κ1) is 92.2. The van der Waals surface area contributed by atoms with E-state index in [-0.39, 0.29) is 74.1 Å². The van der Waals surface area contributed by atoms with E-state index in [2.05, 4.69) is 105 Å². The molecule has 112 heavy (non-hydrogen) atoms. The van der Waals surface area contributed by atoms with Gasteiger partial charge >= 0.3 is 29.8 Å². The minimum atomic E-state index is -0.403. The molecule has 0 heterocycles. The molecule has 0 aliphatic heterocycles. The van der Waals surface area contributed by atoms with E-state index in [1.807, 2.05) is 190 Å². The van der Waals surface area contributed by atoms with Gasteiger partial charge in [-0.25, -0.2) is 19.2 Å². The van der Waals surface area contributed by atoms with Crippen molar-refractivity contribution < 1.29 is 66.6 Å². The molecular formula is C98H136O14. The maximum absolute atomic E-state index is 12.3. The molecule has 0 N–H and O–H groups in total. The molecule has 0 aromatic heterocycles. The Labute approximate surface area is 672 Å². The first-order valence-corrected chi connectivity index (χ1v) is 42.0. The van der Waals surface area contributed by atoms with Crippen LogP contribution in [0.2, 0.25) is 0 Å². The maximum atomic E-state index is 12.3. The van der Waals surface area contributed by atoms with E-state index in [1.165, 1.54) is 59.7 Å². The molecule has 14 nitrogen and oxygen atoms in total. The number of carbonyl (C=O) groups excluding carboxylic acids is 5. The van der Waals surface area contributed by atoms with Crippen molar-refractivity contribution in [2.24, 2.45) is 17.3 Å². The van der Waals surface area contributed by atoms with Crippen molar-refractivity contribution in [2.45, 2.75) is 299 Å². The van der Waals surface area contributed by atoms with Gasteiger partial charge in [0.15, 0.2) is 26.4 Å². The third kappa shape index (κ3) is 30.0. The molecule has 0 spiro atoms. The van der Waals surface area contributed by atoms with Gasteiger partial charge in [-0.3, -0.25) is 4.79 Å². The summed E-state index contributed by atoms with van der Waals surface area (Å²) in [4.78, 5) is 60.3. The molecule has 7 aromatic rings. The Morgan fingerprint density at radius 2 is 0.795 bits per heavy atom. The number of hydrogen-bond donors (Lipinski definition) is 0. The van der Waals surface area contributed by atoms with E-state index in [1.54, 1.807) is 0 Å². The monoisotopic (exact) mass is 1540 g/mol. The first-order valence-electron chi connectivity index (χ1n) is 42.0. The Kier molecular flexibility index (Phi) is 38.3. The summed E-state index contributed by atoms with van der Waals surface area (Å²) in [5.74, 6) is 4.55. The van der Waals surface area contributed by atoms with Crippen LogP contribution < -0.4 is 18.9 Å². The summed E-state index contributed by atoms with van der Waals surface area (Å²) in [5.41, 5.74) is 5.69. The molecular weight excluding hydrogens is 1400 g/mol. The van der Waals surface area contributed by atoms with Crippen molar-refractivity contribution in [3.63, 3.8) is 0 Å². The van der Waals surface area contributed by atoms with Crippen LogP contribution in [-0.4, -0.2) is 73.1 Å². The van der Waals surface area contributed by atoms with Crippen LogP contribution in [0.15, 0.2) is 170 Å². The fourth-order valence-electron chi connectivity index (χ4n) is 14.4. The third-order valence-corrected chi connectivity index (χ3v) is 23.4. The lowest BCUT2D eigenvalue weighted by atomic mass is 9.79. The molecule has 6 atom stereocenters. The molecule has 0 amide bonds. The fourth-order valence-corrected chi connectivity index (χ4v) is 14.4. The molecule has 0 saturated heterocycles. The highest BCUT2D eigenvalue weighted by atomic mass is 16.6. The van der Waals surface area contributed by atoms with Gasteiger partial charge in [-0.05, 0) is 262 Å². The second kappa shape index (κ2) is 46.5. The normalized spacial score (nSPS) is 15.8. The van der Waals surface area contributed by atoms with Gasteiger partial charge in [-0.15, -0.1) is 0 Å².